The summed E-state index contributed by atoms with van der Waals surface area (Å²) < 4.78 is 0. The third-order valence-electron chi connectivity index (χ3n) is 3.13. The molecule has 0 aliphatic heterocycles. The van der Waals surface area contributed by atoms with Crippen LogP contribution in [0.3, 0.4) is 0 Å². The summed E-state index contributed by atoms with van der Waals surface area (Å²) in [5.41, 5.74) is 0.879. The van der Waals surface area contributed by atoms with E-state index in [4.69, 9.17) is 28.3 Å². The Balaban J connectivity index is 2.78. The first-order valence-corrected chi connectivity index (χ1v) is 6.64. The topological polar surface area (TPSA) is 74.6 Å². The first-order valence-electron chi connectivity index (χ1n) is 5.88. The Morgan fingerprint density at radius 1 is 0.952 bits per heavy atom. The van der Waals surface area contributed by atoms with Crippen LogP contribution < -0.4 is 0 Å². The Morgan fingerprint density at radius 2 is 1.57 bits per heavy atom. The first kappa shape index (κ1) is 15.4. The minimum absolute atomic E-state index is 0.0544. The van der Waals surface area contributed by atoms with Crippen LogP contribution in [0.5, 0.6) is 0 Å². The smallest absolute Gasteiger partial charge is 0.336 e. The van der Waals surface area contributed by atoms with Gasteiger partial charge in [0.15, 0.2) is 0 Å². The van der Waals surface area contributed by atoms with E-state index in [-0.39, 0.29) is 16.7 Å². The molecule has 2 aromatic rings. The SMILES string of the molecule is Cc1c(C(=O)O)ccc(-c2ccc(Cl)cc2Cl)c1C(=O)O. The lowest BCUT2D eigenvalue weighted by Gasteiger charge is -2.13. The average molecular weight is 325 g/mol. The first-order chi connectivity index (χ1) is 9.82. The zero-order chi connectivity index (χ0) is 15.7. The Kier molecular flexibility index (Phi) is 4.21. The van der Waals surface area contributed by atoms with Crippen LogP contribution in [0.2, 0.25) is 10.0 Å². The van der Waals surface area contributed by atoms with Gasteiger partial charge in [-0.1, -0.05) is 35.3 Å². The third kappa shape index (κ3) is 2.86. The summed E-state index contributed by atoms with van der Waals surface area (Å²) in [7, 11) is 0. The number of carbonyl (C=O) groups is 2. The van der Waals surface area contributed by atoms with E-state index in [1.807, 2.05) is 0 Å². The minimum Gasteiger partial charge on any atom is -0.478 e. The van der Waals surface area contributed by atoms with Gasteiger partial charge in [-0.2, -0.15) is 0 Å². The number of benzene rings is 2. The normalized spacial score (nSPS) is 10.4. The zero-order valence-electron chi connectivity index (χ0n) is 10.9. The van der Waals surface area contributed by atoms with E-state index in [1.165, 1.54) is 25.1 Å². The van der Waals surface area contributed by atoms with Crippen LogP contribution in [0, 0.1) is 6.92 Å². The fraction of sp³-hybridized carbons (Fsp3) is 0.0667. The van der Waals surface area contributed by atoms with Crippen molar-refractivity contribution in [3.8, 4) is 11.1 Å². The molecule has 2 aromatic carbocycles. The van der Waals surface area contributed by atoms with E-state index < -0.39 is 11.9 Å². The quantitative estimate of drug-likeness (QED) is 0.879. The van der Waals surface area contributed by atoms with Gasteiger partial charge in [-0.15, -0.1) is 0 Å². The molecule has 6 heteroatoms. The van der Waals surface area contributed by atoms with Gasteiger partial charge < -0.3 is 10.2 Å². The Morgan fingerprint density at radius 3 is 2.10 bits per heavy atom. The highest BCUT2D eigenvalue weighted by Crippen LogP contribution is 2.34. The molecule has 4 nitrogen and oxygen atoms in total. The van der Waals surface area contributed by atoms with E-state index in [0.29, 0.717) is 21.2 Å². The summed E-state index contributed by atoms with van der Waals surface area (Å²) >= 11 is 11.9. The van der Waals surface area contributed by atoms with Crippen molar-refractivity contribution in [1.82, 2.24) is 0 Å². The number of halogens is 2. The summed E-state index contributed by atoms with van der Waals surface area (Å²) in [5.74, 6) is -2.39. The van der Waals surface area contributed by atoms with Crippen molar-refractivity contribution in [3.05, 3.63) is 57.1 Å². The van der Waals surface area contributed by atoms with Crippen molar-refractivity contribution < 1.29 is 19.8 Å². The van der Waals surface area contributed by atoms with E-state index in [2.05, 4.69) is 0 Å². The molecule has 0 unspecified atom stereocenters. The van der Waals surface area contributed by atoms with Gasteiger partial charge in [0.25, 0.3) is 0 Å². The van der Waals surface area contributed by atoms with Gasteiger partial charge in [0.2, 0.25) is 0 Å². The van der Waals surface area contributed by atoms with Crippen molar-refractivity contribution in [3.63, 3.8) is 0 Å². The standard InChI is InChI=1S/C15H10Cl2O4/c1-7-9(14(18)19)4-5-11(13(7)15(20)21)10-3-2-8(16)6-12(10)17/h2-6H,1H3,(H,18,19)(H,20,21). The van der Waals surface area contributed by atoms with Crippen LogP contribution >= 0.6 is 23.2 Å². The van der Waals surface area contributed by atoms with Crippen LogP contribution in [0.4, 0.5) is 0 Å². The van der Waals surface area contributed by atoms with Gasteiger partial charge in [-0.05, 0) is 36.2 Å². The molecule has 0 aliphatic rings. The summed E-state index contributed by atoms with van der Waals surface area (Å²) in [4.78, 5) is 22.6. The third-order valence-corrected chi connectivity index (χ3v) is 3.68. The maximum absolute atomic E-state index is 11.5. The lowest BCUT2D eigenvalue weighted by Crippen LogP contribution is -2.09. The number of carboxylic acid groups (broad SMARTS) is 2. The highest BCUT2D eigenvalue weighted by Gasteiger charge is 2.21. The second-order valence-corrected chi connectivity index (χ2v) is 5.24. The van der Waals surface area contributed by atoms with E-state index >= 15 is 0 Å². The van der Waals surface area contributed by atoms with E-state index in [0.717, 1.165) is 0 Å². The highest BCUT2D eigenvalue weighted by molar-refractivity contribution is 6.36. The number of aromatic carboxylic acids is 2. The van der Waals surface area contributed by atoms with Crippen molar-refractivity contribution in [1.29, 1.82) is 0 Å². The van der Waals surface area contributed by atoms with Crippen LogP contribution in [-0.4, -0.2) is 22.2 Å². The molecule has 0 saturated heterocycles. The predicted octanol–water partition coefficient (Wildman–Crippen LogP) is 4.37. The number of hydrogen-bond donors (Lipinski definition) is 2. The second kappa shape index (κ2) is 5.76. The lowest BCUT2D eigenvalue weighted by molar-refractivity contribution is 0.0696. The Bertz CT molecular complexity index is 754. The van der Waals surface area contributed by atoms with Gasteiger partial charge in [-0.3, -0.25) is 0 Å². The highest BCUT2D eigenvalue weighted by atomic mass is 35.5. The largest absolute Gasteiger partial charge is 0.478 e. The van der Waals surface area contributed by atoms with E-state index in [1.54, 1.807) is 12.1 Å². The molecule has 0 heterocycles. The van der Waals surface area contributed by atoms with Crippen LogP contribution in [0.25, 0.3) is 11.1 Å². The monoisotopic (exact) mass is 324 g/mol. The van der Waals surface area contributed by atoms with Crippen LogP contribution in [0.15, 0.2) is 30.3 Å². The van der Waals surface area contributed by atoms with Gasteiger partial charge in [0.1, 0.15) is 0 Å². The molecule has 2 rings (SSSR count). The van der Waals surface area contributed by atoms with Crippen LogP contribution in [-0.2, 0) is 0 Å². The van der Waals surface area contributed by atoms with Gasteiger partial charge >= 0.3 is 11.9 Å². The molecule has 21 heavy (non-hydrogen) atoms. The molecule has 0 amide bonds. The summed E-state index contributed by atoms with van der Waals surface area (Å²) in [5, 5.41) is 19.2. The second-order valence-electron chi connectivity index (χ2n) is 4.40. The fourth-order valence-corrected chi connectivity index (χ4v) is 2.66. The number of carboxylic acids is 2. The molecule has 0 bridgehead atoms. The van der Waals surface area contributed by atoms with Gasteiger partial charge in [-0.25, -0.2) is 9.59 Å². The molecule has 0 aromatic heterocycles. The number of hydrogen-bond acceptors (Lipinski definition) is 2. The maximum atomic E-state index is 11.5. The molecule has 0 radical (unpaired) electrons. The molecule has 2 N–H and O–H groups in total. The number of rotatable bonds is 3. The Labute approximate surface area is 130 Å². The predicted molar refractivity (Wildman–Crippen MR) is 80.6 cm³/mol. The molecule has 108 valence electrons. The van der Waals surface area contributed by atoms with Crippen molar-refractivity contribution in [2.45, 2.75) is 6.92 Å². The van der Waals surface area contributed by atoms with Crippen molar-refractivity contribution in [2.75, 3.05) is 0 Å². The molecule has 0 spiro atoms. The summed E-state index contributed by atoms with van der Waals surface area (Å²) in [6, 6.07) is 7.51. The summed E-state index contributed by atoms with van der Waals surface area (Å²) in [6.45, 7) is 1.46. The van der Waals surface area contributed by atoms with Crippen molar-refractivity contribution in [2.24, 2.45) is 0 Å². The fourth-order valence-electron chi connectivity index (χ4n) is 2.15. The van der Waals surface area contributed by atoms with Gasteiger partial charge in [0, 0.05) is 15.6 Å². The maximum Gasteiger partial charge on any atom is 0.336 e. The van der Waals surface area contributed by atoms with Crippen LogP contribution in [0.1, 0.15) is 26.3 Å². The molecule has 0 aliphatic carbocycles. The zero-order valence-corrected chi connectivity index (χ0v) is 12.4. The molecule has 0 fully saturated rings. The molecular formula is C15H10Cl2O4. The minimum atomic E-state index is -1.21. The molecule has 0 atom stereocenters. The molecule has 0 saturated carbocycles. The summed E-state index contributed by atoms with van der Waals surface area (Å²) in [6.07, 6.45) is 0. The van der Waals surface area contributed by atoms with Crippen molar-refractivity contribution >= 4 is 35.1 Å². The Hall–Kier alpha value is -2.04. The average Bonchev–Trinajstić information content (AvgIpc) is 2.37. The lowest BCUT2D eigenvalue weighted by atomic mass is 9.92. The molecular weight excluding hydrogens is 315 g/mol. The van der Waals surface area contributed by atoms with E-state index in [9.17, 15) is 14.7 Å². The van der Waals surface area contributed by atoms with Gasteiger partial charge in [0.05, 0.1) is 11.1 Å².